The Bertz CT molecular complexity index is 591. The van der Waals surface area contributed by atoms with Gasteiger partial charge in [-0.25, -0.2) is 0 Å². The molecular weight excluding hydrogens is 238 g/mol. The third-order valence-electron chi connectivity index (χ3n) is 2.80. The fourth-order valence-corrected chi connectivity index (χ4v) is 1.84. The fraction of sp³-hybridized carbons (Fsp3) is 0.188. The number of amides is 1. The highest BCUT2D eigenvalue weighted by Crippen LogP contribution is 2.29. The molecule has 2 aromatic carbocycles. The second kappa shape index (κ2) is 5.57. The summed E-state index contributed by atoms with van der Waals surface area (Å²) in [5, 5.41) is 2.81. The van der Waals surface area contributed by atoms with E-state index in [0.29, 0.717) is 0 Å². The largest absolute Gasteiger partial charge is 0.457 e. The van der Waals surface area contributed by atoms with Crippen molar-refractivity contribution in [1.29, 1.82) is 0 Å². The zero-order valence-electron chi connectivity index (χ0n) is 11.4. The molecule has 0 unspecified atom stereocenters. The number of anilines is 1. The highest BCUT2D eigenvalue weighted by molar-refractivity contribution is 5.89. The molecule has 0 aliphatic carbocycles. The molecule has 0 bridgehead atoms. The van der Waals surface area contributed by atoms with Crippen LogP contribution in [0.25, 0.3) is 0 Å². The Morgan fingerprint density at radius 1 is 1.05 bits per heavy atom. The van der Waals surface area contributed by atoms with E-state index in [-0.39, 0.29) is 5.91 Å². The number of carbonyl (C=O) groups is 1. The number of hydrogen-bond acceptors (Lipinski definition) is 2. The SMILES string of the molecule is CC(=O)Nc1cc(C)c(Oc2ccccc2)cc1C. The summed E-state index contributed by atoms with van der Waals surface area (Å²) in [5.74, 6) is 1.54. The Morgan fingerprint density at radius 3 is 2.37 bits per heavy atom. The van der Waals surface area contributed by atoms with E-state index in [0.717, 1.165) is 28.3 Å². The summed E-state index contributed by atoms with van der Waals surface area (Å²) in [7, 11) is 0. The summed E-state index contributed by atoms with van der Waals surface area (Å²) >= 11 is 0. The van der Waals surface area contributed by atoms with Gasteiger partial charge in [0.1, 0.15) is 11.5 Å². The van der Waals surface area contributed by atoms with Gasteiger partial charge in [0, 0.05) is 12.6 Å². The number of ether oxygens (including phenoxy) is 1. The Balaban J connectivity index is 2.28. The van der Waals surface area contributed by atoms with Crippen molar-refractivity contribution in [1.82, 2.24) is 0 Å². The highest BCUT2D eigenvalue weighted by atomic mass is 16.5. The first kappa shape index (κ1) is 13.1. The predicted molar refractivity (Wildman–Crippen MR) is 76.7 cm³/mol. The highest BCUT2D eigenvalue weighted by Gasteiger charge is 2.07. The van der Waals surface area contributed by atoms with Crippen molar-refractivity contribution in [2.75, 3.05) is 5.32 Å². The first-order valence-corrected chi connectivity index (χ1v) is 6.18. The van der Waals surface area contributed by atoms with Crippen LogP contribution in [0, 0.1) is 13.8 Å². The molecule has 1 N–H and O–H groups in total. The molecule has 1 amide bonds. The number of para-hydroxylation sites is 1. The Morgan fingerprint density at radius 2 is 1.74 bits per heavy atom. The molecule has 2 rings (SSSR count). The number of carbonyl (C=O) groups excluding carboxylic acids is 1. The van der Waals surface area contributed by atoms with Gasteiger partial charge in [-0.15, -0.1) is 0 Å². The normalized spacial score (nSPS) is 10.1. The van der Waals surface area contributed by atoms with Crippen molar-refractivity contribution in [3.8, 4) is 11.5 Å². The fourth-order valence-electron chi connectivity index (χ4n) is 1.84. The Hall–Kier alpha value is -2.29. The monoisotopic (exact) mass is 255 g/mol. The van der Waals surface area contributed by atoms with Gasteiger partial charge in [0.2, 0.25) is 5.91 Å². The maximum absolute atomic E-state index is 11.1. The number of nitrogens with one attached hydrogen (secondary N) is 1. The smallest absolute Gasteiger partial charge is 0.221 e. The van der Waals surface area contributed by atoms with Crippen LogP contribution in [0.1, 0.15) is 18.1 Å². The molecule has 0 radical (unpaired) electrons. The van der Waals surface area contributed by atoms with Gasteiger partial charge in [-0.1, -0.05) is 18.2 Å². The molecule has 2 aromatic rings. The van der Waals surface area contributed by atoms with Gasteiger partial charge in [-0.3, -0.25) is 4.79 Å². The van der Waals surface area contributed by atoms with E-state index in [1.807, 2.05) is 56.3 Å². The van der Waals surface area contributed by atoms with Crippen LogP contribution >= 0.6 is 0 Å². The summed E-state index contributed by atoms with van der Waals surface area (Å²) in [6, 6.07) is 13.5. The molecule has 0 heterocycles. The molecule has 0 saturated carbocycles. The van der Waals surface area contributed by atoms with E-state index in [4.69, 9.17) is 4.74 Å². The van der Waals surface area contributed by atoms with Gasteiger partial charge >= 0.3 is 0 Å². The predicted octanol–water partition coefficient (Wildman–Crippen LogP) is 4.05. The van der Waals surface area contributed by atoms with Crippen LogP contribution in [0.4, 0.5) is 5.69 Å². The number of aryl methyl sites for hydroxylation is 2. The first-order valence-electron chi connectivity index (χ1n) is 6.18. The molecule has 0 aliphatic heterocycles. The van der Waals surface area contributed by atoms with Crippen LogP contribution in [-0.2, 0) is 4.79 Å². The second-order valence-corrected chi connectivity index (χ2v) is 4.53. The third-order valence-corrected chi connectivity index (χ3v) is 2.80. The van der Waals surface area contributed by atoms with Gasteiger partial charge in [0.15, 0.2) is 0 Å². The number of rotatable bonds is 3. The summed E-state index contributed by atoms with van der Waals surface area (Å²) in [6.45, 7) is 5.41. The van der Waals surface area contributed by atoms with Crippen LogP contribution in [0.15, 0.2) is 42.5 Å². The van der Waals surface area contributed by atoms with E-state index in [2.05, 4.69) is 5.32 Å². The topological polar surface area (TPSA) is 38.3 Å². The maximum atomic E-state index is 11.1. The molecule has 98 valence electrons. The third kappa shape index (κ3) is 3.35. The average molecular weight is 255 g/mol. The zero-order chi connectivity index (χ0) is 13.8. The quantitative estimate of drug-likeness (QED) is 0.898. The Labute approximate surface area is 113 Å². The van der Waals surface area contributed by atoms with E-state index >= 15 is 0 Å². The Kier molecular flexibility index (Phi) is 3.85. The van der Waals surface area contributed by atoms with Crippen LogP contribution in [-0.4, -0.2) is 5.91 Å². The lowest BCUT2D eigenvalue weighted by molar-refractivity contribution is -0.114. The summed E-state index contributed by atoms with van der Waals surface area (Å²) < 4.78 is 5.84. The summed E-state index contributed by atoms with van der Waals surface area (Å²) in [6.07, 6.45) is 0. The van der Waals surface area contributed by atoms with Gasteiger partial charge in [-0.2, -0.15) is 0 Å². The maximum Gasteiger partial charge on any atom is 0.221 e. The average Bonchev–Trinajstić information content (AvgIpc) is 2.36. The van der Waals surface area contributed by atoms with Gasteiger partial charge in [0.05, 0.1) is 0 Å². The van der Waals surface area contributed by atoms with E-state index < -0.39 is 0 Å². The standard InChI is InChI=1S/C16H17NO2/c1-11-10-16(19-14-7-5-4-6-8-14)12(2)9-15(11)17-13(3)18/h4-10H,1-3H3,(H,17,18). The molecule has 0 aliphatic rings. The van der Waals surface area contributed by atoms with Crippen molar-refractivity contribution >= 4 is 11.6 Å². The molecule has 19 heavy (non-hydrogen) atoms. The van der Waals surface area contributed by atoms with Crippen LogP contribution in [0.5, 0.6) is 11.5 Å². The zero-order valence-corrected chi connectivity index (χ0v) is 11.4. The summed E-state index contributed by atoms with van der Waals surface area (Å²) in [4.78, 5) is 11.1. The van der Waals surface area contributed by atoms with Crippen molar-refractivity contribution in [2.45, 2.75) is 20.8 Å². The van der Waals surface area contributed by atoms with Crippen LogP contribution in [0.2, 0.25) is 0 Å². The van der Waals surface area contributed by atoms with E-state index in [1.54, 1.807) is 0 Å². The second-order valence-electron chi connectivity index (χ2n) is 4.53. The molecular formula is C16H17NO2. The lowest BCUT2D eigenvalue weighted by Crippen LogP contribution is -2.07. The molecule has 0 fully saturated rings. The minimum absolute atomic E-state index is 0.0702. The lowest BCUT2D eigenvalue weighted by Gasteiger charge is -2.13. The van der Waals surface area contributed by atoms with E-state index in [1.165, 1.54) is 6.92 Å². The molecule has 3 nitrogen and oxygen atoms in total. The van der Waals surface area contributed by atoms with Crippen LogP contribution in [0.3, 0.4) is 0 Å². The number of benzene rings is 2. The van der Waals surface area contributed by atoms with Crippen molar-refractivity contribution in [3.63, 3.8) is 0 Å². The lowest BCUT2D eigenvalue weighted by atomic mass is 10.1. The van der Waals surface area contributed by atoms with Crippen molar-refractivity contribution in [3.05, 3.63) is 53.6 Å². The summed E-state index contributed by atoms with van der Waals surface area (Å²) in [5.41, 5.74) is 2.79. The number of hydrogen-bond donors (Lipinski definition) is 1. The van der Waals surface area contributed by atoms with Gasteiger partial charge in [-0.05, 0) is 49.2 Å². The molecule has 0 spiro atoms. The minimum Gasteiger partial charge on any atom is -0.457 e. The molecule has 3 heteroatoms. The van der Waals surface area contributed by atoms with Crippen molar-refractivity contribution in [2.24, 2.45) is 0 Å². The van der Waals surface area contributed by atoms with E-state index in [9.17, 15) is 4.79 Å². The molecule has 0 saturated heterocycles. The van der Waals surface area contributed by atoms with Gasteiger partial charge < -0.3 is 10.1 Å². The van der Waals surface area contributed by atoms with Crippen molar-refractivity contribution < 1.29 is 9.53 Å². The first-order chi connectivity index (χ1) is 9.06. The van der Waals surface area contributed by atoms with Gasteiger partial charge in [0.25, 0.3) is 0 Å². The van der Waals surface area contributed by atoms with Crippen LogP contribution < -0.4 is 10.1 Å². The molecule has 0 atom stereocenters. The molecule has 0 aromatic heterocycles. The minimum atomic E-state index is -0.0702.